The molecule has 30 heavy (non-hydrogen) atoms. The average Bonchev–Trinajstić information content (AvgIpc) is 3.43. The molecule has 1 N–H and O–H groups in total. The molecule has 3 heterocycles. The first-order valence-corrected chi connectivity index (χ1v) is 11.0. The number of carbonyl (C=O) groups is 1. The molecule has 6 nitrogen and oxygen atoms in total. The summed E-state index contributed by atoms with van der Waals surface area (Å²) >= 11 is 0. The van der Waals surface area contributed by atoms with Gasteiger partial charge in [-0.1, -0.05) is 43.2 Å². The molecule has 156 valence electrons. The molecule has 0 bridgehead atoms. The Morgan fingerprint density at radius 2 is 1.83 bits per heavy atom. The molecule has 6 heteroatoms. The minimum absolute atomic E-state index is 0.0263. The van der Waals surface area contributed by atoms with Crippen molar-refractivity contribution in [1.82, 2.24) is 19.4 Å². The van der Waals surface area contributed by atoms with Crippen molar-refractivity contribution in [2.75, 3.05) is 13.1 Å². The zero-order valence-electron chi connectivity index (χ0n) is 17.2. The number of hydrogen-bond acceptors (Lipinski definition) is 4. The molecule has 0 atom stereocenters. The third-order valence-electron chi connectivity index (χ3n) is 6.74. The van der Waals surface area contributed by atoms with Gasteiger partial charge in [-0.2, -0.15) is 0 Å². The number of benzene rings is 1. The number of hydrogen-bond donors (Lipinski definition) is 1. The van der Waals surface area contributed by atoms with Crippen LogP contribution in [0, 0.1) is 0 Å². The van der Waals surface area contributed by atoms with Gasteiger partial charge in [-0.3, -0.25) is 4.79 Å². The second-order valence-electron chi connectivity index (χ2n) is 8.84. The summed E-state index contributed by atoms with van der Waals surface area (Å²) in [6.07, 6.45) is 10.2. The van der Waals surface area contributed by atoms with Gasteiger partial charge in [0.25, 0.3) is 5.91 Å². The SMILES string of the molecule is O=C(c1cnc2c(c1)ncn2C1CCCC1)N1CCC(O)(Cc2ccccc2)CC1. The fraction of sp³-hybridized carbons (Fsp3) is 0.458. The summed E-state index contributed by atoms with van der Waals surface area (Å²) in [5, 5.41) is 11.0. The molecular formula is C24H28N4O2. The van der Waals surface area contributed by atoms with Crippen LogP contribution in [0.25, 0.3) is 11.2 Å². The fourth-order valence-electron chi connectivity index (χ4n) is 4.95. The van der Waals surface area contributed by atoms with E-state index in [-0.39, 0.29) is 5.91 Å². The quantitative estimate of drug-likeness (QED) is 0.719. The van der Waals surface area contributed by atoms with Crippen LogP contribution in [0.2, 0.25) is 0 Å². The molecule has 1 aliphatic heterocycles. The predicted octanol–water partition coefficient (Wildman–Crippen LogP) is 3.76. The number of fused-ring (bicyclic) bond motifs is 1. The van der Waals surface area contributed by atoms with Crippen molar-refractivity contribution in [2.24, 2.45) is 0 Å². The maximum absolute atomic E-state index is 13.0. The van der Waals surface area contributed by atoms with Crippen LogP contribution in [0.4, 0.5) is 0 Å². The van der Waals surface area contributed by atoms with Crippen LogP contribution >= 0.6 is 0 Å². The Kier molecular flexibility index (Phi) is 5.03. The summed E-state index contributed by atoms with van der Waals surface area (Å²) in [5.74, 6) is -0.0263. The lowest BCUT2D eigenvalue weighted by atomic mass is 9.85. The minimum atomic E-state index is -0.750. The van der Waals surface area contributed by atoms with Gasteiger partial charge in [-0.15, -0.1) is 0 Å². The van der Waals surface area contributed by atoms with E-state index in [1.807, 2.05) is 47.6 Å². The largest absolute Gasteiger partial charge is 0.389 e. The zero-order chi connectivity index (χ0) is 20.6. The first-order chi connectivity index (χ1) is 14.6. The van der Waals surface area contributed by atoms with Crippen LogP contribution in [0.15, 0.2) is 48.9 Å². The maximum atomic E-state index is 13.0. The lowest BCUT2D eigenvalue weighted by Crippen LogP contribution is -2.47. The van der Waals surface area contributed by atoms with Gasteiger partial charge < -0.3 is 14.6 Å². The van der Waals surface area contributed by atoms with Crippen LogP contribution in [0.5, 0.6) is 0 Å². The summed E-state index contributed by atoms with van der Waals surface area (Å²) in [6.45, 7) is 1.10. The van der Waals surface area contributed by atoms with E-state index < -0.39 is 5.60 Å². The molecular weight excluding hydrogens is 376 g/mol. The number of amides is 1. The van der Waals surface area contributed by atoms with Crippen LogP contribution in [-0.4, -0.2) is 49.1 Å². The van der Waals surface area contributed by atoms with Crippen molar-refractivity contribution >= 4 is 17.1 Å². The number of nitrogens with zero attached hydrogens (tertiary/aromatic N) is 4. The first kappa shape index (κ1) is 19.2. The van der Waals surface area contributed by atoms with E-state index in [1.54, 1.807) is 6.20 Å². The van der Waals surface area contributed by atoms with Crippen LogP contribution in [-0.2, 0) is 6.42 Å². The molecule has 1 amide bonds. The molecule has 0 unspecified atom stereocenters. The number of rotatable bonds is 4. The van der Waals surface area contributed by atoms with Gasteiger partial charge in [-0.05, 0) is 37.3 Å². The molecule has 2 fully saturated rings. The van der Waals surface area contributed by atoms with Gasteiger partial charge in [0.2, 0.25) is 0 Å². The number of imidazole rings is 1. The van der Waals surface area contributed by atoms with Gasteiger partial charge >= 0.3 is 0 Å². The van der Waals surface area contributed by atoms with Crippen molar-refractivity contribution in [2.45, 2.75) is 56.6 Å². The summed E-state index contributed by atoms with van der Waals surface area (Å²) in [5.41, 5.74) is 2.61. The molecule has 3 aromatic rings. The Hall–Kier alpha value is -2.73. The molecule has 1 saturated heterocycles. The molecule has 1 aromatic carbocycles. The van der Waals surface area contributed by atoms with E-state index in [2.05, 4.69) is 14.5 Å². The maximum Gasteiger partial charge on any atom is 0.255 e. The summed E-state index contributed by atoms with van der Waals surface area (Å²) in [6, 6.07) is 12.4. The molecule has 1 aliphatic carbocycles. The normalized spacial score (nSPS) is 19.4. The monoisotopic (exact) mass is 404 g/mol. The average molecular weight is 405 g/mol. The van der Waals surface area contributed by atoms with Crippen molar-refractivity contribution in [3.8, 4) is 0 Å². The Bertz CT molecular complexity index is 1030. The standard InChI is InChI=1S/C24H28N4O2/c29-23(27-12-10-24(30,11-13-27)15-18-6-2-1-3-7-18)19-14-21-22(25-16-19)28(17-26-21)20-8-4-5-9-20/h1-3,6-7,14,16-17,20,30H,4-5,8-13,15H2. The topological polar surface area (TPSA) is 71.2 Å². The lowest BCUT2D eigenvalue weighted by molar-refractivity contribution is -0.0162. The van der Waals surface area contributed by atoms with E-state index >= 15 is 0 Å². The van der Waals surface area contributed by atoms with E-state index in [9.17, 15) is 9.90 Å². The Morgan fingerprint density at radius 3 is 2.57 bits per heavy atom. The second kappa shape index (κ2) is 7.84. The minimum Gasteiger partial charge on any atom is -0.389 e. The molecule has 2 aromatic heterocycles. The highest BCUT2D eigenvalue weighted by Gasteiger charge is 2.34. The number of piperidine rings is 1. The third kappa shape index (κ3) is 3.72. The predicted molar refractivity (Wildman–Crippen MR) is 115 cm³/mol. The number of likely N-dealkylation sites (tertiary alicyclic amines) is 1. The zero-order valence-corrected chi connectivity index (χ0v) is 17.2. The third-order valence-corrected chi connectivity index (χ3v) is 6.74. The fourth-order valence-corrected chi connectivity index (χ4v) is 4.95. The number of aromatic nitrogens is 3. The van der Waals surface area contributed by atoms with Gasteiger partial charge in [0.05, 0.1) is 17.5 Å². The van der Waals surface area contributed by atoms with Crippen molar-refractivity contribution in [3.63, 3.8) is 0 Å². The summed E-state index contributed by atoms with van der Waals surface area (Å²) in [7, 11) is 0. The second-order valence-corrected chi connectivity index (χ2v) is 8.84. The van der Waals surface area contributed by atoms with Crippen LogP contribution < -0.4 is 0 Å². The first-order valence-electron chi connectivity index (χ1n) is 11.0. The van der Waals surface area contributed by atoms with E-state index in [0.29, 0.717) is 44.0 Å². The van der Waals surface area contributed by atoms with Gasteiger partial charge in [0.1, 0.15) is 5.52 Å². The highest BCUT2D eigenvalue weighted by atomic mass is 16.3. The van der Waals surface area contributed by atoms with Crippen LogP contribution in [0.3, 0.4) is 0 Å². The van der Waals surface area contributed by atoms with E-state index in [0.717, 1.165) is 16.7 Å². The Labute approximate surface area is 176 Å². The van der Waals surface area contributed by atoms with Gasteiger partial charge in [-0.25, -0.2) is 9.97 Å². The number of carbonyl (C=O) groups excluding carboxylic acids is 1. The highest BCUT2D eigenvalue weighted by Crippen LogP contribution is 2.32. The number of aliphatic hydroxyl groups is 1. The lowest BCUT2D eigenvalue weighted by Gasteiger charge is -2.38. The van der Waals surface area contributed by atoms with Gasteiger partial charge in [0, 0.05) is 31.7 Å². The molecule has 1 saturated carbocycles. The number of pyridine rings is 1. The summed E-state index contributed by atoms with van der Waals surface area (Å²) in [4.78, 5) is 24.0. The summed E-state index contributed by atoms with van der Waals surface area (Å²) < 4.78 is 2.17. The van der Waals surface area contributed by atoms with Crippen LogP contribution in [0.1, 0.15) is 60.5 Å². The van der Waals surface area contributed by atoms with Gasteiger partial charge in [0.15, 0.2) is 5.65 Å². The molecule has 0 spiro atoms. The van der Waals surface area contributed by atoms with E-state index in [4.69, 9.17) is 0 Å². The van der Waals surface area contributed by atoms with Crippen molar-refractivity contribution in [1.29, 1.82) is 0 Å². The Balaban J connectivity index is 1.27. The molecule has 0 radical (unpaired) electrons. The van der Waals surface area contributed by atoms with E-state index in [1.165, 1.54) is 25.7 Å². The molecule has 5 rings (SSSR count). The smallest absolute Gasteiger partial charge is 0.255 e. The molecule has 2 aliphatic rings. The van der Waals surface area contributed by atoms with Crippen molar-refractivity contribution in [3.05, 3.63) is 60.0 Å². The highest BCUT2D eigenvalue weighted by molar-refractivity contribution is 5.96. The van der Waals surface area contributed by atoms with Crippen molar-refractivity contribution < 1.29 is 9.90 Å². The Morgan fingerprint density at radius 1 is 1.10 bits per heavy atom.